The van der Waals surface area contributed by atoms with Gasteiger partial charge >= 0.3 is 6.03 Å². The van der Waals surface area contributed by atoms with Crippen LogP contribution in [-0.2, 0) is 9.59 Å². The monoisotopic (exact) mass is 452 g/mol. The van der Waals surface area contributed by atoms with Gasteiger partial charge in [-0.15, -0.1) is 0 Å². The number of carbonyl (C=O) groups excluding carboxylic acids is 3. The average Bonchev–Trinajstić information content (AvgIpc) is 3.20. The second kappa shape index (κ2) is 10.4. The third-order valence-corrected chi connectivity index (χ3v) is 5.54. The summed E-state index contributed by atoms with van der Waals surface area (Å²) in [6, 6.07) is 2.23. The molecule has 4 amide bonds. The predicted octanol–water partition coefficient (Wildman–Crippen LogP) is 1.92. The summed E-state index contributed by atoms with van der Waals surface area (Å²) in [5.74, 6) is -0.995. The maximum atomic E-state index is 13.4. The number of hydrogen-bond acceptors (Lipinski definition) is 4. The molecule has 3 rings (SSSR count). The molecule has 0 aliphatic carbocycles. The van der Waals surface area contributed by atoms with E-state index in [-0.39, 0.29) is 29.3 Å². The standard InChI is InChI=1S/C20H26ClFN6O3/c21-14-11-13(6-7-15(14)22)24-20(26-19(23)31)25-16-5-1-2-10-28(18(16)30)12-17(29)27-8-3-4-9-27/h6-7,11,16H,1-5,8-10,12H2,(H4,23,24,25,26,31). The van der Waals surface area contributed by atoms with E-state index in [0.717, 1.165) is 44.8 Å². The molecule has 0 bridgehead atoms. The molecule has 0 saturated carbocycles. The SMILES string of the molecule is NC(=O)NC(=NC1CCCCN(CC(=O)N2CCCC2)C1=O)Nc1ccc(F)c(Cl)c1. The van der Waals surface area contributed by atoms with Crippen LogP contribution in [0, 0.1) is 5.82 Å². The summed E-state index contributed by atoms with van der Waals surface area (Å²) in [5, 5.41) is 5.04. The first-order chi connectivity index (χ1) is 14.8. The highest BCUT2D eigenvalue weighted by molar-refractivity contribution is 6.31. The first-order valence-corrected chi connectivity index (χ1v) is 10.6. The zero-order valence-corrected chi connectivity index (χ0v) is 17.8. The molecule has 2 saturated heterocycles. The molecule has 2 fully saturated rings. The van der Waals surface area contributed by atoms with E-state index in [1.54, 1.807) is 4.90 Å². The Hall–Kier alpha value is -2.88. The van der Waals surface area contributed by atoms with Crippen molar-refractivity contribution in [3.63, 3.8) is 0 Å². The maximum absolute atomic E-state index is 13.4. The number of primary amides is 1. The fourth-order valence-electron chi connectivity index (χ4n) is 3.67. The Morgan fingerprint density at radius 2 is 1.90 bits per heavy atom. The third-order valence-electron chi connectivity index (χ3n) is 5.25. The molecule has 2 heterocycles. The van der Waals surface area contributed by atoms with Gasteiger partial charge < -0.3 is 20.9 Å². The van der Waals surface area contributed by atoms with E-state index in [2.05, 4.69) is 15.6 Å². The normalized spacial score (nSPS) is 19.9. The fourth-order valence-corrected chi connectivity index (χ4v) is 3.85. The highest BCUT2D eigenvalue weighted by atomic mass is 35.5. The number of halogens is 2. The second-order valence-corrected chi connectivity index (χ2v) is 7.99. The van der Waals surface area contributed by atoms with Crippen molar-refractivity contribution in [2.45, 2.75) is 38.1 Å². The van der Waals surface area contributed by atoms with Gasteiger partial charge in [0.2, 0.25) is 17.8 Å². The first kappa shape index (κ1) is 22.8. The van der Waals surface area contributed by atoms with Crippen LogP contribution in [0.25, 0.3) is 0 Å². The summed E-state index contributed by atoms with van der Waals surface area (Å²) in [6.07, 6.45) is 3.91. The van der Waals surface area contributed by atoms with Crippen LogP contribution in [0.3, 0.4) is 0 Å². The molecule has 0 radical (unpaired) electrons. The Morgan fingerprint density at radius 1 is 1.19 bits per heavy atom. The highest BCUT2D eigenvalue weighted by Crippen LogP contribution is 2.20. The van der Waals surface area contributed by atoms with Gasteiger partial charge in [-0.3, -0.25) is 14.9 Å². The van der Waals surface area contributed by atoms with Crippen molar-refractivity contribution in [3.8, 4) is 0 Å². The van der Waals surface area contributed by atoms with Gasteiger partial charge in [0.05, 0.1) is 11.6 Å². The van der Waals surface area contributed by atoms with Crippen molar-refractivity contribution in [2.75, 3.05) is 31.5 Å². The Kier molecular flexibility index (Phi) is 7.67. The van der Waals surface area contributed by atoms with E-state index in [4.69, 9.17) is 17.3 Å². The smallest absolute Gasteiger partial charge is 0.318 e. The van der Waals surface area contributed by atoms with Crippen LogP contribution < -0.4 is 16.4 Å². The summed E-state index contributed by atoms with van der Waals surface area (Å²) >= 11 is 5.80. The van der Waals surface area contributed by atoms with E-state index in [1.807, 2.05) is 0 Å². The molecule has 9 nitrogen and oxygen atoms in total. The van der Waals surface area contributed by atoms with Crippen LogP contribution in [-0.4, -0.2) is 65.8 Å². The number of nitrogens with two attached hydrogens (primary N) is 1. The number of likely N-dealkylation sites (tertiary alicyclic amines) is 2. The quantitative estimate of drug-likeness (QED) is 0.477. The van der Waals surface area contributed by atoms with E-state index >= 15 is 0 Å². The van der Waals surface area contributed by atoms with E-state index in [9.17, 15) is 18.8 Å². The maximum Gasteiger partial charge on any atom is 0.318 e. The number of urea groups is 1. The van der Waals surface area contributed by atoms with Crippen molar-refractivity contribution >= 4 is 41.1 Å². The lowest BCUT2D eigenvalue weighted by molar-refractivity contribution is -0.140. The van der Waals surface area contributed by atoms with Gasteiger partial charge in [0.15, 0.2) is 0 Å². The van der Waals surface area contributed by atoms with Crippen molar-refractivity contribution < 1.29 is 18.8 Å². The molecule has 1 aromatic carbocycles. The van der Waals surface area contributed by atoms with E-state index in [1.165, 1.54) is 17.0 Å². The van der Waals surface area contributed by atoms with Crippen LogP contribution >= 0.6 is 11.6 Å². The minimum atomic E-state index is -0.874. The largest absolute Gasteiger partial charge is 0.351 e. The molecule has 0 spiro atoms. The number of rotatable bonds is 4. The minimum Gasteiger partial charge on any atom is -0.351 e. The minimum absolute atomic E-state index is 0.0183. The molecule has 1 unspecified atom stereocenters. The lowest BCUT2D eigenvalue weighted by atomic mass is 10.1. The van der Waals surface area contributed by atoms with Crippen LogP contribution in [0.5, 0.6) is 0 Å². The zero-order valence-electron chi connectivity index (χ0n) is 17.1. The Bertz CT molecular complexity index is 874. The van der Waals surface area contributed by atoms with Crippen molar-refractivity contribution in [2.24, 2.45) is 10.7 Å². The highest BCUT2D eigenvalue weighted by Gasteiger charge is 2.30. The number of amides is 4. The fraction of sp³-hybridized carbons (Fsp3) is 0.500. The molecule has 0 aromatic heterocycles. The average molecular weight is 453 g/mol. The van der Waals surface area contributed by atoms with Crippen molar-refractivity contribution in [3.05, 3.63) is 29.0 Å². The molecule has 1 atom stereocenters. The molecule has 2 aliphatic rings. The number of aliphatic imine (C=N–C) groups is 1. The number of nitrogens with one attached hydrogen (secondary N) is 2. The molecular weight excluding hydrogens is 427 g/mol. The van der Waals surface area contributed by atoms with Gasteiger partial charge in [-0.2, -0.15) is 0 Å². The lowest BCUT2D eigenvalue weighted by Crippen LogP contribution is -2.46. The number of carbonyl (C=O) groups is 3. The van der Waals surface area contributed by atoms with E-state index in [0.29, 0.717) is 18.7 Å². The van der Waals surface area contributed by atoms with Gasteiger partial charge in [0.1, 0.15) is 11.9 Å². The van der Waals surface area contributed by atoms with E-state index < -0.39 is 17.9 Å². The van der Waals surface area contributed by atoms with Gasteiger partial charge in [-0.1, -0.05) is 11.6 Å². The molecule has 1 aromatic rings. The zero-order chi connectivity index (χ0) is 22.4. The van der Waals surface area contributed by atoms with Gasteiger partial charge in [0, 0.05) is 25.3 Å². The van der Waals surface area contributed by atoms with Crippen LogP contribution in [0.15, 0.2) is 23.2 Å². The van der Waals surface area contributed by atoms with Gasteiger partial charge in [0.25, 0.3) is 0 Å². The number of nitrogens with zero attached hydrogens (tertiary/aromatic N) is 3. The number of anilines is 1. The Labute approximate surface area is 184 Å². The third kappa shape index (κ3) is 6.30. The first-order valence-electron chi connectivity index (χ1n) is 10.3. The van der Waals surface area contributed by atoms with Crippen LogP contribution in [0.1, 0.15) is 32.1 Å². The summed E-state index contributed by atoms with van der Waals surface area (Å²) in [6.45, 7) is 1.94. The molecule has 4 N–H and O–H groups in total. The molecule has 11 heteroatoms. The summed E-state index contributed by atoms with van der Waals surface area (Å²) in [4.78, 5) is 44.7. The van der Waals surface area contributed by atoms with Gasteiger partial charge in [-0.05, 0) is 50.3 Å². The number of hydrogen-bond donors (Lipinski definition) is 3. The Morgan fingerprint density at radius 3 is 2.58 bits per heavy atom. The van der Waals surface area contributed by atoms with Crippen LogP contribution in [0.2, 0.25) is 5.02 Å². The summed E-state index contributed by atoms with van der Waals surface area (Å²) in [5.41, 5.74) is 5.59. The number of guanidine groups is 1. The topological polar surface area (TPSA) is 120 Å². The van der Waals surface area contributed by atoms with Crippen molar-refractivity contribution in [1.29, 1.82) is 0 Å². The molecule has 31 heavy (non-hydrogen) atoms. The van der Waals surface area contributed by atoms with Gasteiger partial charge in [-0.25, -0.2) is 14.2 Å². The summed E-state index contributed by atoms with van der Waals surface area (Å²) < 4.78 is 13.4. The van der Waals surface area contributed by atoms with Crippen molar-refractivity contribution in [1.82, 2.24) is 15.1 Å². The lowest BCUT2D eigenvalue weighted by Gasteiger charge is -2.25. The van der Waals surface area contributed by atoms with Crippen LogP contribution in [0.4, 0.5) is 14.9 Å². The number of benzene rings is 1. The summed E-state index contributed by atoms with van der Waals surface area (Å²) in [7, 11) is 0. The second-order valence-electron chi connectivity index (χ2n) is 7.58. The molecule has 2 aliphatic heterocycles. The Balaban J connectivity index is 1.76. The molecular formula is C20H26ClFN6O3. The molecule has 168 valence electrons. The predicted molar refractivity (Wildman–Crippen MR) is 115 cm³/mol.